The third-order valence-electron chi connectivity index (χ3n) is 3.53. The number of alkyl halides is 3. The molecule has 0 saturated heterocycles. The average molecular weight is 355 g/mol. The van der Waals surface area contributed by atoms with Crippen LogP contribution in [0.1, 0.15) is 5.82 Å². The van der Waals surface area contributed by atoms with Gasteiger partial charge in [-0.15, -0.1) is 10.2 Å². The molecule has 0 bridgehead atoms. The van der Waals surface area contributed by atoms with Gasteiger partial charge in [0.1, 0.15) is 6.61 Å². The highest BCUT2D eigenvalue weighted by molar-refractivity contribution is 5.65. The van der Waals surface area contributed by atoms with Crippen LogP contribution in [0.25, 0.3) is 16.8 Å². The number of rotatable bonds is 6. The number of methoxy groups -OCH3 is 1. The maximum Gasteiger partial charge on any atom is 0.329 e. The number of pyridine rings is 1. The highest BCUT2D eigenvalue weighted by Crippen LogP contribution is 2.30. The highest BCUT2D eigenvalue weighted by Gasteiger charge is 2.37. The predicted octanol–water partition coefficient (Wildman–Crippen LogP) is 3.58. The molecule has 3 rings (SSSR count). The molecule has 0 spiro atoms. The van der Waals surface area contributed by atoms with E-state index >= 15 is 0 Å². The number of fused-ring (bicyclic) bond motifs is 1. The van der Waals surface area contributed by atoms with Crippen LogP contribution in [0.4, 0.5) is 17.6 Å². The van der Waals surface area contributed by atoms with Crippen LogP contribution in [0.3, 0.4) is 0 Å². The summed E-state index contributed by atoms with van der Waals surface area (Å²) >= 11 is 0. The molecule has 25 heavy (non-hydrogen) atoms. The van der Waals surface area contributed by atoms with Crippen LogP contribution in [-0.4, -0.2) is 35.2 Å². The summed E-state index contributed by atoms with van der Waals surface area (Å²) in [5, 5.41) is 7.22. The lowest BCUT2D eigenvalue weighted by Crippen LogP contribution is -2.23. The quantitative estimate of drug-likeness (QED) is 0.634. The van der Waals surface area contributed by atoms with E-state index in [1.807, 2.05) is 0 Å². The molecule has 0 amide bonds. The van der Waals surface area contributed by atoms with Gasteiger partial charge in [-0.3, -0.25) is 4.40 Å². The van der Waals surface area contributed by atoms with Gasteiger partial charge in [0.15, 0.2) is 17.2 Å². The van der Waals surface area contributed by atoms with Gasteiger partial charge in [-0.2, -0.15) is 8.78 Å². The first kappa shape index (κ1) is 17.2. The lowest BCUT2D eigenvalue weighted by molar-refractivity contribution is -0.0773. The molecule has 0 saturated carbocycles. The Morgan fingerprint density at radius 1 is 1.12 bits per heavy atom. The maximum atomic E-state index is 14.1. The van der Waals surface area contributed by atoms with Crippen LogP contribution in [0.5, 0.6) is 5.75 Å². The van der Waals surface area contributed by atoms with Crippen LogP contribution in [-0.2, 0) is 10.7 Å². The fraction of sp³-hybridized carbons (Fsp3) is 0.250. The predicted molar refractivity (Wildman–Crippen MR) is 80.8 cm³/mol. The summed E-state index contributed by atoms with van der Waals surface area (Å²) in [6.45, 7) is -2.00. The topological polar surface area (TPSA) is 48.7 Å². The molecule has 132 valence electrons. The van der Waals surface area contributed by atoms with Crippen molar-refractivity contribution in [3.8, 4) is 16.9 Å². The Morgan fingerprint density at radius 2 is 1.88 bits per heavy atom. The van der Waals surface area contributed by atoms with Crippen LogP contribution < -0.4 is 4.74 Å². The Balaban J connectivity index is 2.05. The maximum absolute atomic E-state index is 14.1. The van der Waals surface area contributed by atoms with Gasteiger partial charge >= 0.3 is 5.92 Å². The van der Waals surface area contributed by atoms with E-state index in [-0.39, 0.29) is 11.4 Å². The second-order valence-corrected chi connectivity index (χ2v) is 5.21. The van der Waals surface area contributed by atoms with Crippen molar-refractivity contribution in [2.24, 2.45) is 0 Å². The second kappa shape index (κ2) is 6.67. The summed E-state index contributed by atoms with van der Waals surface area (Å²) in [6.07, 6.45) is 1.37. The number of hydrogen-bond acceptors (Lipinski definition) is 4. The van der Waals surface area contributed by atoms with Crippen LogP contribution in [0.15, 0.2) is 36.5 Å². The van der Waals surface area contributed by atoms with Crippen molar-refractivity contribution >= 4 is 5.65 Å². The third-order valence-corrected chi connectivity index (χ3v) is 3.53. The minimum atomic E-state index is -3.34. The number of hydrogen-bond donors (Lipinski definition) is 0. The molecule has 0 aliphatic heterocycles. The first-order chi connectivity index (χ1) is 12.0. The lowest BCUT2D eigenvalue weighted by Gasteiger charge is -2.13. The molecule has 0 atom stereocenters. The molecule has 1 aromatic carbocycles. The molecular formula is C16H13F4N3O2. The van der Waals surface area contributed by atoms with Crippen molar-refractivity contribution in [3.05, 3.63) is 48.2 Å². The summed E-state index contributed by atoms with van der Waals surface area (Å²) < 4.78 is 64.4. The van der Waals surface area contributed by atoms with Crippen LogP contribution in [0, 0.1) is 5.82 Å². The van der Waals surface area contributed by atoms with E-state index in [9.17, 15) is 17.6 Å². The summed E-state index contributed by atoms with van der Waals surface area (Å²) in [5.74, 6) is -4.91. The Morgan fingerprint density at radius 3 is 2.56 bits per heavy atom. The molecule has 9 heteroatoms. The van der Waals surface area contributed by atoms with Gasteiger partial charge in [-0.25, -0.2) is 8.78 Å². The highest BCUT2D eigenvalue weighted by atomic mass is 19.3. The summed E-state index contributed by atoms with van der Waals surface area (Å²) in [4.78, 5) is 0. The normalized spacial score (nSPS) is 11.9. The summed E-state index contributed by atoms with van der Waals surface area (Å²) in [6, 6.07) is 6.96. The molecule has 2 aromatic heterocycles. The van der Waals surface area contributed by atoms with Crippen molar-refractivity contribution in [1.29, 1.82) is 0 Å². The Bertz CT molecular complexity index is 898. The smallest absolute Gasteiger partial charge is 0.329 e. The molecule has 5 nitrogen and oxygen atoms in total. The van der Waals surface area contributed by atoms with E-state index in [4.69, 9.17) is 0 Å². The van der Waals surface area contributed by atoms with Crippen molar-refractivity contribution in [1.82, 2.24) is 14.6 Å². The van der Waals surface area contributed by atoms with E-state index in [1.54, 1.807) is 6.07 Å². The first-order valence-corrected chi connectivity index (χ1v) is 7.17. The van der Waals surface area contributed by atoms with Gasteiger partial charge in [0.2, 0.25) is 12.7 Å². The number of aromatic nitrogens is 3. The third kappa shape index (κ3) is 3.27. The van der Waals surface area contributed by atoms with Gasteiger partial charge in [0.25, 0.3) is 0 Å². The van der Waals surface area contributed by atoms with Crippen LogP contribution in [0.2, 0.25) is 0 Å². The van der Waals surface area contributed by atoms with E-state index < -0.39 is 31.0 Å². The molecule has 0 radical (unpaired) electrons. The van der Waals surface area contributed by atoms with Crippen LogP contribution >= 0.6 is 0 Å². The van der Waals surface area contributed by atoms with Crippen molar-refractivity contribution in [2.75, 3.05) is 20.6 Å². The molecule has 3 aromatic rings. The molecular weight excluding hydrogens is 342 g/mol. The largest absolute Gasteiger partial charge is 0.460 e. The number of nitrogens with zero attached hydrogens (tertiary/aromatic N) is 3. The molecule has 2 heterocycles. The number of ether oxygens (including phenoxy) is 2. The average Bonchev–Trinajstić information content (AvgIpc) is 3.01. The molecule has 0 aliphatic rings. The zero-order valence-corrected chi connectivity index (χ0v) is 13.0. The molecule has 0 N–H and O–H groups in total. The first-order valence-electron chi connectivity index (χ1n) is 7.17. The number of halogens is 4. The minimum absolute atomic E-state index is 0.215. The molecule has 0 aliphatic carbocycles. The van der Waals surface area contributed by atoms with Gasteiger partial charge < -0.3 is 9.47 Å². The Hall–Kier alpha value is -2.68. The second-order valence-electron chi connectivity index (χ2n) is 5.21. The van der Waals surface area contributed by atoms with Gasteiger partial charge in [-0.1, -0.05) is 6.07 Å². The minimum Gasteiger partial charge on any atom is -0.460 e. The van der Waals surface area contributed by atoms with Crippen molar-refractivity contribution in [3.63, 3.8) is 0 Å². The van der Waals surface area contributed by atoms with E-state index in [0.717, 1.165) is 17.6 Å². The standard InChI is InChI=1S/C16H13F4N3O2/c1-24-8-16(19,20)15-22-21-14-5-3-11(7-23(14)15)10-2-4-13(25-9-17)12(18)6-10/h2-7H,8-9H2,1H3. The molecule has 0 unspecified atom stereocenters. The fourth-order valence-corrected chi connectivity index (χ4v) is 2.41. The van der Waals surface area contributed by atoms with Gasteiger partial charge in [0.05, 0.1) is 0 Å². The SMILES string of the molecule is COCC(F)(F)c1nnc2ccc(-c3ccc(OCF)c(F)c3)cn12. The Labute approximate surface area is 139 Å². The van der Waals surface area contributed by atoms with E-state index in [0.29, 0.717) is 11.1 Å². The van der Waals surface area contributed by atoms with E-state index in [2.05, 4.69) is 19.7 Å². The summed E-state index contributed by atoms with van der Waals surface area (Å²) in [5.41, 5.74) is 1.07. The zero-order chi connectivity index (χ0) is 18.0. The van der Waals surface area contributed by atoms with Crippen molar-refractivity contribution < 1.29 is 27.0 Å². The number of benzene rings is 1. The van der Waals surface area contributed by atoms with Crippen molar-refractivity contribution in [2.45, 2.75) is 5.92 Å². The lowest BCUT2D eigenvalue weighted by atomic mass is 10.1. The van der Waals surface area contributed by atoms with Gasteiger partial charge in [0, 0.05) is 13.3 Å². The zero-order valence-electron chi connectivity index (χ0n) is 13.0. The molecule has 0 fully saturated rings. The summed E-state index contributed by atoms with van der Waals surface area (Å²) in [7, 11) is 1.16. The monoisotopic (exact) mass is 355 g/mol. The Kier molecular flexibility index (Phi) is 4.58. The van der Waals surface area contributed by atoms with Gasteiger partial charge in [-0.05, 0) is 35.4 Å². The van der Waals surface area contributed by atoms with E-state index in [1.165, 1.54) is 24.4 Å². The fourth-order valence-electron chi connectivity index (χ4n) is 2.41.